The topological polar surface area (TPSA) is 83.5 Å². The van der Waals surface area contributed by atoms with Gasteiger partial charge in [0.25, 0.3) is 0 Å². The molecule has 1 unspecified atom stereocenters. The summed E-state index contributed by atoms with van der Waals surface area (Å²) < 4.78 is 36.7. The maximum Gasteiger partial charge on any atom is 0.338 e. The molecule has 1 aromatic carbocycles. The first-order chi connectivity index (χ1) is 9.40. The van der Waals surface area contributed by atoms with Crippen molar-refractivity contribution in [2.45, 2.75) is 24.6 Å². The number of halogens is 1. The maximum atomic E-state index is 13.4. The van der Waals surface area contributed by atoms with Crippen molar-refractivity contribution in [1.82, 2.24) is 5.32 Å². The Morgan fingerprint density at radius 3 is 2.75 bits per heavy atom. The number of carboxylic acids is 1. The number of hydrogen-bond acceptors (Lipinski definition) is 4. The van der Waals surface area contributed by atoms with Gasteiger partial charge in [-0.15, -0.1) is 0 Å². The molecule has 0 aliphatic carbocycles. The number of rotatable bonds is 5. The van der Waals surface area contributed by atoms with Crippen LogP contribution >= 0.6 is 0 Å². The molecule has 110 valence electrons. The summed E-state index contributed by atoms with van der Waals surface area (Å²) in [4.78, 5) is 10.7. The Morgan fingerprint density at radius 1 is 1.45 bits per heavy atom. The van der Waals surface area contributed by atoms with Gasteiger partial charge in [0.15, 0.2) is 9.84 Å². The standard InChI is InChI=1S/C13H16FNO4S/c14-12-6-9(3-4-11(12)13(16)17)7-15-8-10-2-1-5-20(10,18)19/h3-4,6,10,15H,1-2,5,7-8H2,(H,16,17). The van der Waals surface area contributed by atoms with Crippen molar-refractivity contribution in [2.75, 3.05) is 12.3 Å². The number of sulfone groups is 1. The van der Waals surface area contributed by atoms with E-state index in [0.29, 0.717) is 31.5 Å². The lowest BCUT2D eigenvalue weighted by Gasteiger charge is -2.11. The SMILES string of the molecule is O=C(O)c1ccc(CNCC2CCCS2(=O)=O)cc1F. The van der Waals surface area contributed by atoms with E-state index in [0.717, 1.165) is 6.07 Å². The van der Waals surface area contributed by atoms with Gasteiger partial charge in [0.2, 0.25) is 0 Å². The molecular weight excluding hydrogens is 285 g/mol. The summed E-state index contributed by atoms with van der Waals surface area (Å²) in [5.41, 5.74) is 0.218. The van der Waals surface area contributed by atoms with Crippen LogP contribution in [-0.4, -0.2) is 37.0 Å². The van der Waals surface area contributed by atoms with E-state index in [2.05, 4.69) is 5.32 Å². The van der Waals surface area contributed by atoms with Crippen LogP contribution in [0.15, 0.2) is 18.2 Å². The molecular formula is C13H16FNO4S. The molecule has 1 saturated heterocycles. The molecule has 0 saturated carbocycles. The minimum Gasteiger partial charge on any atom is -0.478 e. The highest BCUT2D eigenvalue weighted by atomic mass is 32.2. The van der Waals surface area contributed by atoms with E-state index in [-0.39, 0.29) is 16.6 Å². The van der Waals surface area contributed by atoms with Crippen molar-refractivity contribution < 1.29 is 22.7 Å². The number of aromatic carboxylic acids is 1. The van der Waals surface area contributed by atoms with Gasteiger partial charge in [0.1, 0.15) is 5.82 Å². The third-order valence-corrected chi connectivity index (χ3v) is 5.70. The molecule has 1 aromatic rings. The molecule has 0 aromatic heterocycles. The lowest BCUT2D eigenvalue weighted by Crippen LogP contribution is -2.30. The van der Waals surface area contributed by atoms with Crippen LogP contribution in [0.2, 0.25) is 0 Å². The Bertz CT molecular complexity index is 615. The minimum absolute atomic E-state index is 0.237. The predicted octanol–water partition coefficient (Wildman–Crippen LogP) is 1.19. The van der Waals surface area contributed by atoms with Crippen molar-refractivity contribution >= 4 is 15.8 Å². The summed E-state index contributed by atoms with van der Waals surface area (Å²) in [6.07, 6.45) is 1.35. The van der Waals surface area contributed by atoms with Crippen molar-refractivity contribution in [2.24, 2.45) is 0 Å². The highest BCUT2D eigenvalue weighted by Gasteiger charge is 2.30. The van der Waals surface area contributed by atoms with Crippen LogP contribution in [-0.2, 0) is 16.4 Å². The van der Waals surface area contributed by atoms with Gasteiger partial charge in [-0.1, -0.05) is 6.07 Å². The van der Waals surface area contributed by atoms with Crippen LogP contribution in [0.3, 0.4) is 0 Å². The number of carboxylic acid groups (broad SMARTS) is 1. The molecule has 20 heavy (non-hydrogen) atoms. The van der Waals surface area contributed by atoms with E-state index in [1.807, 2.05) is 0 Å². The predicted molar refractivity (Wildman–Crippen MR) is 71.9 cm³/mol. The third kappa shape index (κ3) is 3.34. The van der Waals surface area contributed by atoms with Gasteiger partial charge < -0.3 is 10.4 Å². The Morgan fingerprint density at radius 2 is 2.20 bits per heavy atom. The fraction of sp³-hybridized carbons (Fsp3) is 0.462. The van der Waals surface area contributed by atoms with Crippen LogP contribution in [0.4, 0.5) is 4.39 Å². The van der Waals surface area contributed by atoms with Gasteiger partial charge in [-0.2, -0.15) is 0 Å². The molecule has 5 nitrogen and oxygen atoms in total. The molecule has 1 aliphatic heterocycles. The second-order valence-electron chi connectivity index (χ2n) is 4.88. The van der Waals surface area contributed by atoms with Crippen LogP contribution in [0.1, 0.15) is 28.8 Å². The molecule has 0 spiro atoms. The van der Waals surface area contributed by atoms with Crippen molar-refractivity contribution in [1.29, 1.82) is 0 Å². The first kappa shape index (κ1) is 14.9. The van der Waals surface area contributed by atoms with Crippen LogP contribution in [0.25, 0.3) is 0 Å². The molecule has 0 bridgehead atoms. The minimum atomic E-state index is -2.98. The van der Waals surface area contributed by atoms with E-state index < -0.39 is 21.6 Å². The Labute approximate surface area is 116 Å². The van der Waals surface area contributed by atoms with Crippen LogP contribution in [0, 0.1) is 5.82 Å². The van der Waals surface area contributed by atoms with Gasteiger partial charge in [-0.05, 0) is 30.5 Å². The van der Waals surface area contributed by atoms with E-state index >= 15 is 0 Å². The monoisotopic (exact) mass is 301 g/mol. The largest absolute Gasteiger partial charge is 0.478 e. The number of nitrogens with one attached hydrogen (secondary N) is 1. The number of carbonyl (C=O) groups is 1. The van der Waals surface area contributed by atoms with Gasteiger partial charge in [0.05, 0.1) is 16.6 Å². The van der Waals surface area contributed by atoms with Gasteiger partial charge >= 0.3 is 5.97 Å². The quantitative estimate of drug-likeness (QED) is 0.853. The van der Waals surface area contributed by atoms with Gasteiger partial charge in [-0.3, -0.25) is 0 Å². The molecule has 1 atom stereocenters. The smallest absolute Gasteiger partial charge is 0.338 e. The summed E-state index contributed by atoms with van der Waals surface area (Å²) in [5.74, 6) is -1.86. The Hall–Kier alpha value is -1.47. The Kier molecular flexibility index (Phi) is 4.39. The molecule has 0 radical (unpaired) electrons. The molecule has 2 rings (SSSR count). The second kappa shape index (κ2) is 5.88. The fourth-order valence-electron chi connectivity index (χ4n) is 2.31. The van der Waals surface area contributed by atoms with E-state index in [1.54, 1.807) is 0 Å². The average Bonchev–Trinajstić information content (AvgIpc) is 2.68. The molecule has 1 heterocycles. The molecule has 0 amide bonds. The van der Waals surface area contributed by atoms with Crippen molar-refractivity contribution in [3.05, 3.63) is 35.1 Å². The van der Waals surface area contributed by atoms with Crippen LogP contribution in [0.5, 0.6) is 0 Å². The lowest BCUT2D eigenvalue weighted by molar-refractivity contribution is 0.0692. The average molecular weight is 301 g/mol. The highest BCUT2D eigenvalue weighted by Crippen LogP contribution is 2.19. The zero-order valence-corrected chi connectivity index (χ0v) is 11.6. The van der Waals surface area contributed by atoms with Crippen LogP contribution < -0.4 is 5.32 Å². The maximum absolute atomic E-state index is 13.4. The van der Waals surface area contributed by atoms with Crippen molar-refractivity contribution in [3.63, 3.8) is 0 Å². The number of benzene rings is 1. The van der Waals surface area contributed by atoms with Gasteiger partial charge in [-0.25, -0.2) is 17.6 Å². The first-order valence-corrected chi connectivity index (χ1v) is 8.06. The molecule has 1 fully saturated rings. The summed E-state index contributed by atoms with van der Waals surface area (Å²) >= 11 is 0. The molecule has 7 heteroatoms. The van der Waals surface area contributed by atoms with Crippen molar-refractivity contribution in [3.8, 4) is 0 Å². The van der Waals surface area contributed by atoms with Gasteiger partial charge in [0, 0.05) is 13.1 Å². The van der Waals surface area contributed by atoms with E-state index in [4.69, 9.17) is 5.11 Å². The molecule has 1 aliphatic rings. The van der Waals surface area contributed by atoms with E-state index in [1.165, 1.54) is 12.1 Å². The zero-order valence-electron chi connectivity index (χ0n) is 10.8. The fourth-order valence-corrected chi connectivity index (χ4v) is 4.11. The summed E-state index contributed by atoms with van der Waals surface area (Å²) in [6, 6.07) is 3.88. The highest BCUT2D eigenvalue weighted by molar-refractivity contribution is 7.92. The summed E-state index contributed by atoms with van der Waals surface area (Å²) in [5, 5.41) is 11.3. The second-order valence-corrected chi connectivity index (χ2v) is 7.28. The van der Waals surface area contributed by atoms with E-state index in [9.17, 15) is 17.6 Å². The summed E-state index contributed by atoms with van der Waals surface area (Å²) in [6.45, 7) is 0.646. The number of hydrogen-bond donors (Lipinski definition) is 2. The molecule has 2 N–H and O–H groups in total. The first-order valence-electron chi connectivity index (χ1n) is 6.34. The normalized spacial score (nSPS) is 20.9. The lowest BCUT2D eigenvalue weighted by atomic mass is 10.1. The Balaban J connectivity index is 1.92. The summed E-state index contributed by atoms with van der Waals surface area (Å²) in [7, 11) is -2.98. The third-order valence-electron chi connectivity index (χ3n) is 3.43. The zero-order chi connectivity index (χ0) is 14.8.